The van der Waals surface area contributed by atoms with E-state index in [9.17, 15) is 9.90 Å². The summed E-state index contributed by atoms with van der Waals surface area (Å²) in [7, 11) is 0. The van der Waals surface area contributed by atoms with Gasteiger partial charge in [0.1, 0.15) is 5.82 Å². The van der Waals surface area contributed by atoms with E-state index < -0.39 is 6.09 Å². The number of anilines is 1. The Bertz CT molecular complexity index is 508. The minimum absolute atomic E-state index is 0.0154. The van der Waals surface area contributed by atoms with Gasteiger partial charge in [-0.1, -0.05) is 26.8 Å². The van der Waals surface area contributed by atoms with Gasteiger partial charge in [0.25, 0.3) is 0 Å². The van der Waals surface area contributed by atoms with Crippen LogP contribution in [0.1, 0.15) is 38.4 Å². The molecule has 0 aliphatic carbocycles. The number of aromatic nitrogens is 1. The summed E-state index contributed by atoms with van der Waals surface area (Å²) in [6.45, 7) is 6.17. The average Bonchev–Trinajstić information content (AvgIpc) is 2.36. The molecule has 0 aromatic carbocycles. The molecule has 1 amide bonds. The molecule has 0 spiro atoms. The van der Waals surface area contributed by atoms with Crippen molar-refractivity contribution in [3.8, 4) is 0 Å². The fraction of sp³-hybridized carbons (Fsp3) is 0.600. The van der Waals surface area contributed by atoms with Crippen LogP contribution < -0.4 is 4.90 Å². The molecule has 1 aromatic rings. The SMILES string of the molecule is CC(C)(C)C1CCc2ccc(CCO)nc2N1C(=O)O. The predicted octanol–water partition coefficient (Wildman–Crippen LogP) is 2.46. The Morgan fingerprint density at radius 1 is 1.45 bits per heavy atom. The van der Waals surface area contributed by atoms with Gasteiger partial charge in [0.2, 0.25) is 0 Å². The fourth-order valence-electron chi connectivity index (χ4n) is 2.79. The number of aryl methyl sites for hydroxylation is 1. The first-order valence-electron chi connectivity index (χ1n) is 6.96. The summed E-state index contributed by atoms with van der Waals surface area (Å²) in [5.41, 5.74) is 1.56. The second-order valence-electron chi connectivity index (χ2n) is 6.33. The Balaban J connectivity index is 2.46. The largest absolute Gasteiger partial charge is 0.465 e. The smallest absolute Gasteiger partial charge is 0.413 e. The van der Waals surface area contributed by atoms with Crippen LogP contribution in [-0.2, 0) is 12.8 Å². The molecule has 1 unspecified atom stereocenters. The quantitative estimate of drug-likeness (QED) is 0.871. The van der Waals surface area contributed by atoms with Crippen LogP contribution in [0.15, 0.2) is 12.1 Å². The molecule has 0 saturated heterocycles. The van der Waals surface area contributed by atoms with Crippen molar-refractivity contribution < 1.29 is 15.0 Å². The lowest BCUT2D eigenvalue weighted by Gasteiger charge is -2.41. The molecule has 2 rings (SSSR count). The van der Waals surface area contributed by atoms with E-state index in [0.717, 1.165) is 24.1 Å². The van der Waals surface area contributed by atoms with Gasteiger partial charge < -0.3 is 10.2 Å². The van der Waals surface area contributed by atoms with Gasteiger partial charge in [-0.25, -0.2) is 9.78 Å². The van der Waals surface area contributed by atoms with E-state index in [1.54, 1.807) is 0 Å². The Kier molecular flexibility index (Phi) is 3.99. The van der Waals surface area contributed by atoms with Crippen LogP contribution in [0.3, 0.4) is 0 Å². The predicted molar refractivity (Wildman–Crippen MR) is 77.1 cm³/mol. The van der Waals surface area contributed by atoms with Gasteiger partial charge in [-0.15, -0.1) is 0 Å². The van der Waals surface area contributed by atoms with E-state index >= 15 is 0 Å². The van der Waals surface area contributed by atoms with E-state index in [1.165, 1.54) is 4.90 Å². The number of aliphatic hydroxyl groups is 1. The van der Waals surface area contributed by atoms with Gasteiger partial charge in [0.15, 0.2) is 0 Å². The molecular weight excluding hydrogens is 256 g/mol. The Hall–Kier alpha value is -1.62. The van der Waals surface area contributed by atoms with Gasteiger partial charge in [-0.2, -0.15) is 0 Å². The van der Waals surface area contributed by atoms with Crippen molar-refractivity contribution in [1.29, 1.82) is 0 Å². The molecule has 1 aliphatic rings. The molecule has 1 aromatic heterocycles. The number of hydrogen-bond acceptors (Lipinski definition) is 3. The van der Waals surface area contributed by atoms with Crippen LogP contribution in [0.25, 0.3) is 0 Å². The second-order valence-corrected chi connectivity index (χ2v) is 6.33. The zero-order valence-corrected chi connectivity index (χ0v) is 12.3. The monoisotopic (exact) mass is 278 g/mol. The third-order valence-electron chi connectivity index (χ3n) is 3.81. The molecule has 0 radical (unpaired) electrons. The van der Waals surface area contributed by atoms with Crippen LogP contribution in [0.5, 0.6) is 0 Å². The van der Waals surface area contributed by atoms with Crippen LogP contribution in [0.2, 0.25) is 0 Å². The Labute approximate surface area is 119 Å². The number of amides is 1. The molecule has 5 heteroatoms. The summed E-state index contributed by atoms with van der Waals surface area (Å²) in [5, 5.41) is 18.6. The van der Waals surface area contributed by atoms with Crippen LogP contribution in [0.4, 0.5) is 10.6 Å². The lowest BCUT2D eigenvalue weighted by atomic mass is 9.80. The van der Waals surface area contributed by atoms with Crippen molar-refractivity contribution in [2.24, 2.45) is 5.41 Å². The number of aliphatic hydroxyl groups excluding tert-OH is 1. The average molecular weight is 278 g/mol. The van der Waals surface area contributed by atoms with Gasteiger partial charge in [-0.05, 0) is 29.9 Å². The second kappa shape index (κ2) is 5.40. The van der Waals surface area contributed by atoms with Crippen molar-refractivity contribution in [2.45, 2.75) is 46.1 Å². The van der Waals surface area contributed by atoms with E-state index in [2.05, 4.69) is 25.8 Å². The third kappa shape index (κ3) is 2.77. The highest BCUT2D eigenvalue weighted by Crippen LogP contribution is 2.37. The molecular formula is C15H22N2O3. The molecule has 0 bridgehead atoms. The lowest BCUT2D eigenvalue weighted by Crippen LogP contribution is -2.50. The topological polar surface area (TPSA) is 73.7 Å². The molecule has 110 valence electrons. The number of rotatable bonds is 2. The summed E-state index contributed by atoms with van der Waals surface area (Å²) < 4.78 is 0. The normalized spacial score (nSPS) is 18.8. The summed E-state index contributed by atoms with van der Waals surface area (Å²) in [6.07, 6.45) is 1.14. The first-order valence-corrected chi connectivity index (χ1v) is 6.96. The van der Waals surface area contributed by atoms with E-state index in [-0.39, 0.29) is 18.1 Å². The molecule has 0 fully saturated rings. The van der Waals surface area contributed by atoms with Gasteiger partial charge >= 0.3 is 6.09 Å². The van der Waals surface area contributed by atoms with Crippen molar-refractivity contribution in [1.82, 2.24) is 4.98 Å². The zero-order chi connectivity index (χ0) is 14.9. The highest BCUT2D eigenvalue weighted by atomic mass is 16.4. The minimum Gasteiger partial charge on any atom is -0.465 e. The van der Waals surface area contributed by atoms with E-state index in [0.29, 0.717) is 12.2 Å². The fourth-order valence-corrected chi connectivity index (χ4v) is 2.79. The maximum absolute atomic E-state index is 11.7. The van der Waals surface area contributed by atoms with E-state index in [1.807, 2.05) is 12.1 Å². The molecule has 5 nitrogen and oxygen atoms in total. The molecule has 1 atom stereocenters. The minimum atomic E-state index is -0.959. The van der Waals surface area contributed by atoms with E-state index in [4.69, 9.17) is 5.11 Å². The first-order chi connectivity index (χ1) is 9.34. The van der Waals surface area contributed by atoms with Gasteiger partial charge in [0.05, 0.1) is 0 Å². The molecule has 2 heterocycles. The Morgan fingerprint density at radius 3 is 2.70 bits per heavy atom. The molecule has 20 heavy (non-hydrogen) atoms. The maximum Gasteiger partial charge on any atom is 0.413 e. The van der Waals surface area contributed by atoms with Crippen LogP contribution in [0, 0.1) is 5.41 Å². The number of hydrogen-bond donors (Lipinski definition) is 2. The van der Waals surface area contributed by atoms with Crippen LogP contribution >= 0.6 is 0 Å². The number of pyridine rings is 1. The van der Waals surface area contributed by atoms with Crippen molar-refractivity contribution in [2.75, 3.05) is 11.5 Å². The summed E-state index contributed by atoms with van der Waals surface area (Å²) in [5.74, 6) is 0.537. The maximum atomic E-state index is 11.7. The number of carbonyl (C=O) groups is 1. The number of carboxylic acid groups (broad SMARTS) is 1. The summed E-state index contributed by atoms with van der Waals surface area (Å²) >= 11 is 0. The Morgan fingerprint density at radius 2 is 2.15 bits per heavy atom. The first kappa shape index (κ1) is 14.8. The van der Waals surface area contributed by atoms with Gasteiger partial charge in [-0.3, -0.25) is 4.90 Å². The van der Waals surface area contributed by atoms with Crippen LogP contribution in [-0.4, -0.2) is 33.9 Å². The number of fused-ring (bicyclic) bond motifs is 1. The zero-order valence-electron chi connectivity index (χ0n) is 12.3. The molecule has 2 N–H and O–H groups in total. The molecule has 0 saturated carbocycles. The highest BCUT2D eigenvalue weighted by molar-refractivity contribution is 5.87. The highest BCUT2D eigenvalue weighted by Gasteiger charge is 2.39. The standard InChI is InChI=1S/C15H22N2O3/c1-15(2,3)12-7-5-10-4-6-11(8-9-18)16-13(10)17(12)14(19)20/h4,6,12,18H,5,7-9H2,1-3H3,(H,19,20). The molecule has 1 aliphatic heterocycles. The summed E-state index contributed by atoms with van der Waals surface area (Å²) in [4.78, 5) is 17.5. The summed E-state index contributed by atoms with van der Waals surface area (Å²) in [6, 6.07) is 3.72. The third-order valence-corrected chi connectivity index (χ3v) is 3.81. The lowest BCUT2D eigenvalue weighted by molar-refractivity contribution is 0.185. The van der Waals surface area contributed by atoms with Crippen molar-refractivity contribution >= 4 is 11.9 Å². The van der Waals surface area contributed by atoms with Gasteiger partial charge in [0, 0.05) is 24.8 Å². The number of nitrogens with zero attached hydrogens (tertiary/aromatic N) is 2. The van der Waals surface area contributed by atoms with Crippen molar-refractivity contribution in [3.63, 3.8) is 0 Å². The van der Waals surface area contributed by atoms with Crippen molar-refractivity contribution in [3.05, 3.63) is 23.4 Å².